The summed E-state index contributed by atoms with van der Waals surface area (Å²) in [7, 11) is 1.40. The van der Waals surface area contributed by atoms with Crippen LogP contribution in [0.15, 0.2) is 16.5 Å². The van der Waals surface area contributed by atoms with Crippen LogP contribution in [-0.2, 0) is 14.3 Å². The summed E-state index contributed by atoms with van der Waals surface area (Å²) in [6.07, 6.45) is 0. The molecule has 0 heterocycles. The number of ether oxygens (including phenoxy) is 2. The van der Waals surface area contributed by atoms with Crippen molar-refractivity contribution < 1.29 is 19.4 Å². The molecule has 0 spiro atoms. The molecule has 0 atom stereocenters. The lowest BCUT2D eigenvalue weighted by atomic mass is 10.2. The standard InChI is InChI=1S/C9H16N2O4/c1-4-14-8(12)6(7(10)11-3)9(13)15-5-2/h12H,4-5H2,1-3H3,(H2,10,11). The summed E-state index contributed by atoms with van der Waals surface area (Å²) in [5.41, 5.74) is 5.18. The van der Waals surface area contributed by atoms with Crippen LogP contribution in [0.3, 0.4) is 0 Å². The molecule has 0 rings (SSSR count). The van der Waals surface area contributed by atoms with E-state index in [-0.39, 0.29) is 24.6 Å². The van der Waals surface area contributed by atoms with E-state index >= 15 is 0 Å². The average molecular weight is 216 g/mol. The molecule has 0 aromatic carbocycles. The maximum atomic E-state index is 11.4. The van der Waals surface area contributed by atoms with E-state index in [0.717, 1.165) is 0 Å². The molecule has 0 radical (unpaired) electrons. The van der Waals surface area contributed by atoms with Crippen LogP contribution in [0.5, 0.6) is 0 Å². The third-order valence-electron chi connectivity index (χ3n) is 1.47. The number of carbonyl (C=O) groups is 1. The van der Waals surface area contributed by atoms with E-state index in [0.29, 0.717) is 0 Å². The van der Waals surface area contributed by atoms with E-state index in [9.17, 15) is 9.90 Å². The topological polar surface area (TPSA) is 94.1 Å². The number of nitrogens with zero attached hydrogens (tertiary/aromatic N) is 1. The second kappa shape index (κ2) is 6.69. The van der Waals surface area contributed by atoms with E-state index in [4.69, 9.17) is 15.2 Å². The molecule has 0 fully saturated rings. The Bertz CT molecular complexity index is 284. The van der Waals surface area contributed by atoms with E-state index in [2.05, 4.69) is 4.99 Å². The maximum Gasteiger partial charge on any atom is 0.349 e. The number of hydrogen-bond acceptors (Lipinski definition) is 5. The SMILES string of the molecule is CCOC(=O)C(C(N)=NC)=C(O)OCC. The number of aliphatic imine (C=N–C) groups is 1. The quantitative estimate of drug-likeness (QED) is 0.227. The van der Waals surface area contributed by atoms with Gasteiger partial charge in [-0.3, -0.25) is 4.99 Å². The first-order valence-electron chi connectivity index (χ1n) is 4.54. The molecule has 0 amide bonds. The Morgan fingerprint density at radius 1 is 1.33 bits per heavy atom. The van der Waals surface area contributed by atoms with Crippen molar-refractivity contribution in [3.63, 3.8) is 0 Å². The highest BCUT2D eigenvalue weighted by Crippen LogP contribution is 2.06. The van der Waals surface area contributed by atoms with Gasteiger partial charge in [-0.15, -0.1) is 0 Å². The van der Waals surface area contributed by atoms with Gasteiger partial charge in [0.25, 0.3) is 5.95 Å². The maximum absolute atomic E-state index is 11.4. The second-order valence-corrected chi connectivity index (χ2v) is 2.44. The zero-order valence-electron chi connectivity index (χ0n) is 9.11. The minimum Gasteiger partial charge on any atom is -0.480 e. The monoisotopic (exact) mass is 216 g/mol. The molecule has 0 aliphatic rings. The number of aliphatic hydroxyl groups excluding tert-OH is 1. The van der Waals surface area contributed by atoms with Crippen LogP contribution in [-0.4, -0.2) is 37.2 Å². The highest BCUT2D eigenvalue weighted by atomic mass is 16.6. The van der Waals surface area contributed by atoms with E-state index in [1.807, 2.05) is 0 Å². The lowest BCUT2D eigenvalue weighted by molar-refractivity contribution is -0.138. The van der Waals surface area contributed by atoms with Gasteiger partial charge < -0.3 is 20.3 Å². The van der Waals surface area contributed by atoms with Crippen molar-refractivity contribution in [2.24, 2.45) is 10.7 Å². The Morgan fingerprint density at radius 2 is 1.87 bits per heavy atom. The molecular formula is C9H16N2O4. The Hall–Kier alpha value is -1.72. The van der Waals surface area contributed by atoms with Crippen LogP contribution in [0.25, 0.3) is 0 Å². The van der Waals surface area contributed by atoms with Crippen LogP contribution in [0.4, 0.5) is 0 Å². The fraction of sp³-hybridized carbons (Fsp3) is 0.556. The van der Waals surface area contributed by atoms with E-state index < -0.39 is 11.9 Å². The lowest BCUT2D eigenvalue weighted by Crippen LogP contribution is -2.25. The summed E-state index contributed by atoms with van der Waals surface area (Å²) >= 11 is 0. The molecule has 3 N–H and O–H groups in total. The van der Waals surface area contributed by atoms with Gasteiger partial charge in [0.2, 0.25) is 0 Å². The van der Waals surface area contributed by atoms with Crippen LogP contribution >= 0.6 is 0 Å². The Labute approximate surface area is 88.4 Å². The van der Waals surface area contributed by atoms with Crippen molar-refractivity contribution in [2.45, 2.75) is 13.8 Å². The predicted octanol–water partition coefficient (Wildman–Crippen LogP) is 0.343. The fourth-order valence-electron chi connectivity index (χ4n) is 0.825. The summed E-state index contributed by atoms with van der Waals surface area (Å²) in [5.74, 6) is -1.45. The summed E-state index contributed by atoms with van der Waals surface area (Å²) < 4.78 is 9.46. The molecule has 86 valence electrons. The van der Waals surface area contributed by atoms with Gasteiger partial charge >= 0.3 is 5.97 Å². The summed E-state index contributed by atoms with van der Waals surface area (Å²) in [6, 6.07) is 0. The van der Waals surface area contributed by atoms with E-state index in [1.54, 1.807) is 13.8 Å². The minimum absolute atomic E-state index is 0.126. The van der Waals surface area contributed by atoms with Gasteiger partial charge in [0, 0.05) is 7.05 Å². The Balaban J connectivity index is 5.05. The van der Waals surface area contributed by atoms with Gasteiger partial charge in [-0.05, 0) is 13.8 Å². The van der Waals surface area contributed by atoms with Crippen molar-refractivity contribution in [1.82, 2.24) is 0 Å². The largest absolute Gasteiger partial charge is 0.480 e. The summed E-state index contributed by atoms with van der Waals surface area (Å²) in [4.78, 5) is 15.0. The Kier molecular flexibility index (Phi) is 5.92. The van der Waals surface area contributed by atoms with Crippen molar-refractivity contribution in [1.29, 1.82) is 0 Å². The van der Waals surface area contributed by atoms with Gasteiger partial charge in [-0.1, -0.05) is 0 Å². The fourth-order valence-corrected chi connectivity index (χ4v) is 0.825. The first-order chi connectivity index (χ1) is 7.08. The average Bonchev–Trinajstić information content (AvgIpc) is 2.18. The van der Waals surface area contributed by atoms with Crippen molar-refractivity contribution in [3.8, 4) is 0 Å². The molecule has 15 heavy (non-hydrogen) atoms. The molecule has 0 aromatic rings. The molecule has 0 aliphatic carbocycles. The number of amidine groups is 1. The molecule has 6 heteroatoms. The van der Waals surface area contributed by atoms with Gasteiger partial charge in [-0.25, -0.2) is 4.79 Å². The van der Waals surface area contributed by atoms with Crippen molar-refractivity contribution in [2.75, 3.05) is 20.3 Å². The second-order valence-electron chi connectivity index (χ2n) is 2.44. The van der Waals surface area contributed by atoms with Crippen LogP contribution in [0, 0.1) is 0 Å². The molecule has 0 saturated heterocycles. The third kappa shape index (κ3) is 3.88. The first kappa shape index (κ1) is 13.3. The molecule has 0 bridgehead atoms. The van der Waals surface area contributed by atoms with Crippen molar-refractivity contribution >= 4 is 11.8 Å². The molecular weight excluding hydrogens is 200 g/mol. The molecule has 0 saturated carbocycles. The number of esters is 1. The van der Waals surface area contributed by atoms with Gasteiger partial charge in [-0.2, -0.15) is 0 Å². The normalized spacial score (nSPS) is 13.1. The highest BCUT2D eigenvalue weighted by Gasteiger charge is 2.21. The molecule has 0 aliphatic heterocycles. The smallest absolute Gasteiger partial charge is 0.349 e. The van der Waals surface area contributed by atoms with E-state index in [1.165, 1.54) is 7.05 Å². The summed E-state index contributed by atoms with van der Waals surface area (Å²) in [5, 5.41) is 9.40. The highest BCUT2D eigenvalue weighted by molar-refractivity contribution is 6.18. The lowest BCUT2D eigenvalue weighted by Gasteiger charge is -2.08. The molecule has 6 nitrogen and oxygen atoms in total. The third-order valence-corrected chi connectivity index (χ3v) is 1.47. The number of hydrogen-bond donors (Lipinski definition) is 2. The van der Waals surface area contributed by atoms with Crippen LogP contribution in [0.1, 0.15) is 13.8 Å². The number of nitrogens with two attached hydrogens (primary N) is 1. The number of aliphatic hydroxyl groups is 1. The Morgan fingerprint density at radius 3 is 2.27 bits per heavy atom. The number of rotatable bonds is 5. The zero-order chi connectivity index (χ0) is 11.8. The molecule has 0 unspecified atom stereocenters. The van der Waals surface area contributed by atoms with Crippen LogP contribution in [0.2, 0.25) is 0 Å². The van der Waals surface area contributed by atoms with Gasteiger partial charge in [0.05, 0.1) is 13.2 Å². The minimum atomic E-state index is -0.758. The van der Waals surface area contributed by atoms with Gasteiger partial charge in [0.15, 0.2) is 5.57 Å². The zero-order valence-corrected chi connectivity index (χ0v) is 9.11. The first-order valence-corrected chi connectivity index (χ1v) is 4.54. The number of carbonyl (C=O) groups excluding carboxylic acids is 1. The molecule has 0 aromatic heterocycles. The predicted molar refractivity (Wildman–Crippen MR) is 55.5 cm³/mol. The summed E-state index contributed by atoms with van der Waals surface area (Å²) in [6.45, 7) is 3.70. The van der Waals surface area contributed by atoms with Crippen LogP contribution < -0.4 is 5.73 Å². The van der Waals surface area contributed by atoms with Gasteiger partial charge in [0.1, 0.15) is 5.84 Å². The van der Waals surface area contributed by atoms with Crippen molar-refractivity contribution in [3.05, 3.63) is 11.5 Å².